The van der Waals surface area contributed by atoms with Gasteiger partial charge in [0.05, 0.1) is 5.75 Å². The van der Waals surface area contributed by atoms with Crippen molar-refractivity contribution in [1.82, 2.24) is 14.8 Å². The number of Topliss-reactive ketones (excluding diaryl/α,β-unsaturated/α-hetero) is 1. The van der Waals surface area contributed by atoms with Gasteiger partial charge < -0.3 is 4.57 Å². The van der Waals surface area contributed by atoms with Crippen molar-refractivity contribution in [2.45, 2.75) is 51.7 Å². The first-order valence-electron chi connectivity index (χ1n) is 7.49. The highest BCUT2D eigenvalue weighted by molar-refractivity contribution is 7.99. The van der Waals surface area contributed by atoms with Gasteiger partial charge in [-0.05, 0) is 24.8 Å². The van der Waals surface area contributed by atoms with Gasteiger partial charge in [-0.1, -0.05) is 56.8 Å². The summed E-state index contributed by atoms with van der Waals surface area (Å²) in [5.74, 6) is 1.43. The first-order valence-corrected chi connectivity index (χ1v) is 8.48. The van der Waals surface area contributed by atoms with Crippen molar-refractivity contribution in [2.24, 2.45) is 0 Å². The Labute approximate surface area is 136 Å². The largest absolute Gasteiger partial charge is 0.302 e. The lowest BCUT2D eigenvalue weighted by Crippen LogP contribution is -2.10. The summed E-state index contributed by atoms with van der Waals surface area (Å²) >= 11 is 1.44. The topological polar surface area (TPSA) is 47.8 Å². The smallest absolute Gasteiger partial charge is 0.191 e. The Morgan fingerprint density at radius 1 is 1.18 bits per heavy atom. The second-order valence-corrected chi connectivity index (χ2v) is 7.31. The van der Waals surface area contributed by atoms with Gasteiger partial charge in [-0.25, -0.2) is 0 Å². The molecule has 1 aromatic heterocycles. The fourth-order valence-corrected chi connectivity index (χ4v) is 2.98. The van der Waals surface area contributed by atoms with Crippen molar-refractivity contribution in [3.63, 3.8) is 0 Å². The molecule has 0 N–H and O–H groups in total. The van der Waals surface area contributed by atoms with Crippen LogP contribution < -0.4 is 0 Å². The number of nitrogens with zero attached hydrogens (tertiary/aromatic N) is 3. The summed E-state index contributed by atoms with van der Waals surface area (Å²) in [4.78, 5) is 11.1. The van der Waals surface area contributed by atoms with Gasteiger partial charge >= 0.3 is 0 Å². The lowest BCUT2D eigenvalue weighted by Gasteiger charge is -2.19. The molecule has 2 rings (SSSR count). The number of aromatic nitrogens is 3. The Hall–Kier alpha value is -1.62. The van der Waals surface area contributed by atoms with E-state index in [0.29, 0.717) is 5.75 Å². The van der Waals surface area contributed by atoms with Crippen LogP contribution in [-0.2, 0) is 16.8 Å². The third kappa shape index (κ3) is 3.77. The van der Waals surface area contributed by atoms with E-state index in [9.17, 15) is 4.79 Å². The van der Waals surface area contributed by atoms with Crippen LogP contribution in [-0.4, -0.2) is 26.3 Å². The van der Waals surface area contributed by atoms with E-state index < -0.39 is 0 Å². The molecule has 0 atom stereocenters. The fourth-order valence-electron chi connectivity index (χ4n) is 2.18. The van der Waals surface area contributed by atoms with Crippen molar-refractivity contribution in [2.75, 3.05) is 5.75 Å². The number of benzene rings is 1. The molecule has 4 nitrogen and oxygen atoms in total. The minimum Gasteiger partial charge on any atom is -0.302 e. The molecule has 0 unspecified atom stereocenters. The second-order valence-electron chi connectivity index (χ2n) is 6.37. The van der Waals surface area contributed by atoms with Crippen molar-refractivity contribution in [3.8, 4) is 11.4 Å². The first kappa shape index (κ1) is 16.7. The maximum absolute atomic E-state index is 11.1. The van der Waals surface area contributed by atoms with Crippen molar-refractivity contribution < 1.29 is 4.79 Å². The predicted octanol–water partition coefficient (Wildman–Crippen LogP) is 3.94. The summed E-state index contributed by atoms with van der Waals surface area (Å²) in [5.41, 5.74) is 2.49. The predicted molar refractivity (Wildman–Crippen MR) is 91.2 cm³/mol. The average molecular weight is 317 g/mol. The lowest BCUT2D eigenvalue weighted by molar-refractivity contribution is -0.114. The second kappa shape index (κ2) is 6.65. The molecule has 5 heteroatoms. The normalized spacial score (nSPS) is 11.7. The van der Waals surface area contributed by atoms with Gasteiger partial charge in [-0.3, -0.25) is 4.79 Å². The van der Waals surface area contributed by atoms with Crippen molar-refractivity contribution in [1.29, 1.82) is 0 Å². The zero-order valence-electron chi connectivity index (χ0n) is 13.9. The molecule has 0 fully saturated rings. The quantitative estimate of drug-likeness (QED) is 0.784. The lowest BCUT2D eigenvalue weighted by atomic mass is 9.87. The molecule has 0 amide bonds. The number of rotatable bonds is 5. The molecule has 0 saturated heterocycles. The molecule has 0 spiro atoms. The zero-order valence-corrected chi connectivity index (χ0v) is 14.7. The molecule has 0 radical (unpaired) electrons. The van der Waals surface area contributed by atoms with E-state index in [1.165, 1.54) is 17.3 Å². The standard InChI is InChI=1S/C17H23N3OS/c1-6-20-15(18-19-16(20)22-11-12(2)21)13-7-9-14(10-8-13)17(3,4)5/h7-10H,6,11H2,1-5H3. The monoisotopic (exact) mass is 317 g/mol. The summed E-state index contributed by atoms with van der Waals surface area (Å²) in [7, 11) is 0. The van der Waals surface area contributed by atoms with E-state index in [1.54, 1.807) is 6.92 Å². The van der Waals surface area contributed by atoms with Gasteiger partial charge in [-0.15, -0.1) is 10.2 Å². The number of thioether (sulfide) groups is 1. The van der Waals surface area contributed by atoms with Gasteiger partial charge in [-0.2, -0.15) is 0 Å². The SMILES string of the molecule is CCn1c(SCC(C)=O)nnc1-c1ccc(C(C)(C)C)cc1. The van der Waals surface area contributed by atoms with Crippen LogP contribution in [0.1, 0.15) is 40.2 Å². The summed E-state index contributed by atoms with van der Waals surface area (Å²) < 4.78 is 2.06. The van der Waals surface area contributed by atoms with E-state index in [1.807, 2.05) is 0 Å². The summed E-state index contributed by atoms with van der Waals surface area (Å²) in [5, 5.41) is 9.34. The number of carbonyl (C=O) groups is 1. The molecular weight excluding hydrogens is 294 g/mol. The number of hydrogen-bond donors (Lipinski definition) is 0. The van der Waals surface area contributed by atoms with Crippen molar-refractivity contribution >= 4 is 17.5 Å². The van der Waals surface area contributed by atoms with Gasteiger partial charge in [0.25, 0.3) is 0 Å². The highest BCUT2D eigenvalue weighted by Crippen LogP contribution is 2.27. The minimum absolute atomic E-state index is 0.138. The molecule has 118 valence electrons. The van der Waals surface area contributed by atoms with E-state index in [4.69, 9.17) is 0 Å². The van der Waals surface area contributed by atoms with Gasteiger partial charge in [0.15, 0.2) is 11.0 Å². The summed E-state index contributed by atoms with van der Waals surface area (Å²) in [6.45, 7) is 11.0. The molecule has 0 bridgehead atoms. The highest BCUT2D eigenvalue weighted by atomic mass is 32.2. The van der Waals surface area contributed by atoms with Crippen LogP contribution in [0.5, 0.6) is 0 Å². The maximum atomic E-state index is 11.1. The van der Waals surface area contributed by atoms with Crippen LogP contribution in [0.2, 0.25) is 0 Å². The molecule has 0 aliphatic rings. The first-order chi connectivity index (χ1) is 10.3. The van der Waals surface area contributed by atoms with Crippen LogP contribution in [0, 0.1) is 0 Å². The summed E-state index contributed by atoms with van der Waals surface area (Å²) in [6.07, 6.45) is 0. The van der Waals surface area contributed by atoms with E-state index >= 15 is 0 Å². The molecule has 0 aliphatic carbocycles. The number of ketones is 1. The number of hydrogen-bond acceptors (Lipinski definition) is 4. The van der Waals surface area contributed by atoms with Crippen LogP contribution in [0.4, 0.5) is 0 Å². The Kier molecular flexibility index (Phi) is 5.06. The average Bonchev–Trinajstić information content (AvgIpc) is 2.87. The van der Waals surface area contributed by atoms with Gasteiger partial charge in [0.1, 0.15) is 5.78 Å². The van der Waals surface area contributed by atoms with Crippen LogP contribution >= 0.6 is 11.8 Å². The Morgan fingerprint density at radius 2 is 1.82 bits per heavy atom. The Balaban J connectivity index is 2.30. The molecule has 0 aliphatic heterocycles. The van der Waals surface area contributed by atoms with E-state index in [0.717, 1.165) is 23.1 Å². The third-order valence-electron chi connectivity index (χ3n) is 3.45. The fraction of sp³-hybridized carbons (Fsp3) is 0.471. The molecule has 1 aromatic carbocycles. The minimum atomic E-state index is 0.138. The molecule has 1 heterocycles. The van der Waals surface area contributed by atoms with Gasteiger partial charge in [0.2, 0.25) is 0 Å². The Bertz CT molecular complexity index is 654. The molecular formula is C17H23N3OS. The van der Waals surface area contributed by atoms with Crippen molar-refractivity contribution in [3.05, 3.63) is 29.8 Å². The molecule has 22 heavy (non-hydrogen) atoms. The Morgan fingerprint density at radius 3 is 2.32 bits per heavy atom. The number of carbonyl (C=O) groups excluding carboxylic acids is 1. The van der Waals surface area contributed by atoms with Crippen LogP contribution in [0.25, 0.3) is 11.4 Å². The van der Waals surface area contributed by atoms with E-state index in [2.05, 4.69) is 66.7 Å². The molecule has 2 aromatic rings. The van der Waals surface area contributed by atoms with Gasteiger partial charge in [0, 0.05) is 12.1 Å². The zero-order chi connectivity index (χ0) is 16.3. The highest BCUT2D eigenvalue weighted by Gasteiger charge is 2.16. The maximum Gasteiger partial charge on any atom is 0.191 e. The summed E-state index contributed by atoms with van der Waals surface area (Å²) in [6, 6.07) is 8.48. The van der Waals surface area contributed by atoms with Crippen LogP contribution in [0.3, 0.4) is 0 Å². The van der Waals surface area contributed by atoms with E-state index in [-0.39, 0.29) is 11.2 Å². The third-order valence-corrected chi connectivity index (χ3v) is 4.56. The molecule has 0 saturated carbocycles. The van der Waals surface area contributed by atoms with Crippen LogP contribution in [0.15, 0.2) is 29.4 Å².